The molecule has 0 amide bonds. The molecule has 1 aromatic heterocycles. The summed E-state index contributed by atoms with van der Waals surface area (Å²) in [4.78, 5) is 27.8. The molecule has 0 radical (unpaired) electrons. The molecule has 0 aliphatic carbocycles. The van der Waals surface area contributed by atoms with Gasteiger partial charge in [-0.3, -0.25) is 4.79 Å². The molecule has 1 aromatic carbocycles. The van der Waals surface area contributed by atoms with E-state index in [0.29, 0.717) is 5.75 Å². The number of alkyl halides is 3. The maximum atomic E-state index is 12.0. The smallest absolute Gasteiger partial charge is 0.459 e. The number of benzene rings is 1. The number of likely N-dealkylation sites (N-methyl/N-ethyl adjacent to an activating group) is 1. The molecular weight excluding hydrogens is 365 g/mol. The van der Waals surface area contributed by atoms with Crippen LogP contribution < -0.4 is 4.74 Å². The second-order valence-corrected chi connectivity index (χ2v) is 6.26. The Kier molecular flexibility index (Phi) is 6.84. The van der Waals surface area contributed by atoms with Crippen LogP contribution in [0.1, 0.15) is 18.4 Å². The number of aromatic nitrogens is 1. The molecule has 148 valence electrons. The zero-order chi connectivity index (χ0) is 20.0. The number of ether oxygens (including phenoxy) is 2. The maximum Gasteiger partial charge on any atom is 0.490 e. The molecule has 0 saturated heterocycles. The number of H-pyrrole nitrogens is 1. The quantitative estimate of drug-likeness (QED) is 0.429. The highest BCUT2D eigenvalue weighted by molar-refractivity contribution is 5.91. The van der Waals surface area contributed by atoms with Crippen LogP contribution in [0, 0.1) is 0 Å². The van der Waals surface area contributed by atoms with E-state index in [4.69, 9.17) is 4.74 Å². The summed E-state index contributed by atoms with van der Waals surface area (Å²) in [5.74, 6) is -2.48. The molecule has 9 heteroatoms. The van der Waals surface area contributed by atoms with Crippen molar-refractivity contribution in [1.82, 2.24) is 9.88 Å². The molecule has 0 bridgehead atoms. The van der Waals surface area contributed by atoms with E-state index < -0.39 is 24.7 Å². The van der Waals surface area contributed by atoms with Gasteiger partial charge in [0.1, 0.15) is 5.75 Å². The molecule has 1 N–H and O–H groups in total. The molecule has 0 saturated carbocycles. The van der Waals surface area contributed by atoms with Crippen LogP contribution in [0.4, 0.5) is 13.2 Å². The van der Waals surface area contributed by atoms with Gasteiger partial charge in [0, 0.05) is 30.1 Å². The summed E-state index contributed by atoms with van der Waals surface area (Å²) in [5.41, 5.74) is 1.83. The molecule has 27 heavy (non-hydrogen) atoms. The highest BCUT2D eigenvalue weighted by Crippen LogP contribution is 2.29. The van der Waals surface area contributed by atoms with E-state index in [1.165, 1.54) is 0 Å². The predicted octanol–water partition coefficient (Wildman–Crippen LogP) is 3.06. The topological polar surface area (TPSA) is 71.6 Å². The first kappa shape index (κ1) is 20.8. The minimum Gasteiger partial charge on any atom is -0.459 e. The van der Waals surface area contributed by atoms with Crippen molar-refractivity contribution in [2.75, 3.05) is 27.2 Å². The first-order valence-corrected chi connectivity index (χ1v) is 8.37. The minimum absolute atomic E-state index is 0.0583. The van der Waals surface area contributed by atoms with Gasteiger partial charge in [0.15, 0.2) is 0 Å². The summed E-state index contributed by atoms with van der Waals surface area (Å²) >= 11 is 0. The molecule has 0 aliphatic heterocycles. The SMILES string of the molecule is CN(C)CCc1c[nH]c2cccc(OC(=O)CCCOC(=O)C(F)(F)F)c12. The molecule has 1 heterocycles. The van der Waals surface area contributed by atoms with Crippen molar-refractivity contribution in [3.05, 3.63) is 30.0 Å². The van der Waals surface area contributed by atoms with Gasteiger partial charge >= 0.3 is 18.1 Å². The van der Waals surface area contributed by atoms with Crippen LogP contribution in [-0.2, 0) is 20.7 Å². The van der Waals surface area contributed by atoms with E-state index in [0.717, 1.165) is 29.4 Å². The highest BCUT2D eigenvalue weighted by Gasteiger charge is 2.40. The van der Waals surface area contributed by atoms with E-state index in [1.54, 1.807) is 12.1 Å². The van der Waals surface area contributed by atoms with E-state index in [1.807, 2.05) is 31.3 Å². The fourth-order valence-electron chi connectivity index (χ4n) is 2.48. The van der Waals surface area contributed by atoms with Gasteiger partial charge in [-0.25, -0.2) is 4.79 Å². The molecule has 0 unspecified atom stereocenters. The number of aromatic amines is 1. The Morgan fingerprint density at radius 3 is 2.63 bits per heavy atom. The molecule has 6 nitrogen and oxygen atoms in total. The van der Waals surface area contributed by atoms with E-state index in [2.05, 4.69) is 9.72 Å². The zero-order valence-electron chi connectivity index (χ0n) is 15.1. The number of nitrogens with zero attached hydrogens (tertiary/aromatic N) is 1. The summed E-state index contributed by atoms with van der Waals surface area (Å²) in [5, 5.41) is 0.802. The van der Waals surface area contributed by atoms with Gasteiger partial charge in [-0.15, -0.1) is 0 Å². The van der Waals surface area contributed by atoms with Gasteiger partial charge < -0.3 is 19.4 Å². The first-order valence-electron chi connectivity index (χ1n) is 8.37. The van der Waals surface area contributed by atoms with Crippen molar-refractivity contribution in [2.24, 2.45) is 0 Å². The minimum atomic E-state index is -5.03. The van der Waals surface area contributed by atoms with Gasteiger partial charge in [0.2, 0.25) is 0 Å². The van der Waals surface area contributed by atoms with E-state index in [9.17, 15) is 22.8 Å². The number of halogens is 3. The predicted molar refractivity (Wildman–Crippen MR) is 92.4 cm³/mol. The Balaban J connectivity index is 1.94. The summed E-state index contributed by atoms with van der Waals surface area (Å²) in [6.07, 6.45) is -2.64. The largest absolute Gasteiger partial charge is 0.490 e. The van der Waals surface area contributed by atoms with Crippen molar-refractivity contribution in [1.29, 1.82) is 0 Å². The summed E-state index contributed by atoms with van der Waals surface area (Å²) in [6, 6.07) is 5.27. The van der Waals surface area contributed by atoms with Crippen molar-refractivity contribution in [3.8, 4) is 5.75 Å². The summed E-state index contributed by atoms with van der Waals surface area (Å²) in [6.45, 7) is 0.315. The number of rotatable bonds is 8. The van der Waals surface area contributed by atoms with Crippen molar-refractivity contribution >= 4 is 22.8 Å². The lowest BCUT2D eigenvalue weighted by Crippen LogP contribution is -2.25. The number of carbonyl (C=O) groups excluding carboxylic acids is 2. The van der Waals surface area contributed by atoms with Crippen LogP contribution in [-0.4, -0.2) is 55.2 Å². The molecule has 0 fully saturated rings. The highest BCUT2D eigenvalue weighted by atomic mass is 19.4. The molecular formula is C18H21F3N2O4. The second-order valence-electron chi connectivity index (χ2n) is 6.26. The van der Waals surface area contributed by atoms with Crippen LogP contribution in [0.3, 0.4) is 0 Å². The normalized spacial score (nSPS) is 11.8. The Morgan fingerprint density at radius 2 is 1.96 bits per heavy atom. The lowest BCUT2D eigenvalue weighted by Gasteiger charge is -2.10. The van der Waals surface area contributed by atoms with Gasteiger partial charge in [0.25, 0.3) is 0 Å². The zero-order valence-corrected chi connectivity index (χ0v) is 15.1. The Bertz CT molecular complexity index is 799. The Morgan fingerprint density at radius 1 is 1.22 bits per heavy atom. The van der Waals surface area contributed by atoms with Gasteiger partial charge in [0.05, 0.1) is 6.61 Å². The van der Waals surface area contributed by atoms with Crippen molar-refractivity contribution in [3.63, 3.8) is 0 Å². The molecule has 0 aliphatic rings. The van der Waals surface area contributed by atoms with Gasteiger partial charge in [-0.1, -0.05) is 6.07 Å². The number of fused-ring (bicyclic) bond motifs is 1. The standard InChI is InChI=1S/C18H21F3N2O4/c1-23(2)9-8-12-11-22-13-5-3-6-14(16(12)13)27-15(24)7-4-10-26-17(25)18(19,20)21/h3,5-6,11,22H,4,7-10H2,1-2H3. The average Bonchev–Trinajstić information content (AvgIpc) is 3.00. The number of carbonyl (C=O) groups is 2. The summed E-state index contributed by atoms with van der Waals surface area (Å²) in [7, 11) is 3.92. The number of esters is 2. The maximum absolute atomic E-state index is 12.0. The Hall–Kier alpha value is -2.55. The lowest BCUT2D eigenvalue weighted by molar-refractivity contribution is -0.199. The monoisotopic (exact) mass is 386 g/mol. The van der Waals surface area contributed by atoms with E-state index in [-0.39, 0.29) is 12.8 Å². The summed E-state index contributed by atoms with van der Waals surface area (Å²) < 4.78 is 45.5. The first-order chi connectivity index (χ1) is 12.7. The second kappa shape index (κ2) is 8.90. The van der Waals surface area contributed by atoms with E-state index >= 15 is 0 Å². The molecule has 0 atom stereocenters. The number of hydrogen-bond donors (Lipinski definition) is 1. The number of nitrogens with one attached hydrogen (secondary N) is 1. The van der Waals surface area contributed by atoms with Crippen LogP contribution in [0.2, 0.25) is 0 Å². The third-order valence-corrected chi connectivity index (χ3v) is 3.79. The number of hydrogen-bond acceptors (Lipinski definition) is 5. The van der Waals surface area contributed by atoms with Crippen LogP contribution in [0.15, 0.2) is 24.4 Å². The molecule has 2 aromatic rings. The molecule has 0 spiro atoms. The average molecular weight is 386 g/mol. The fourth-order valence-corrected chi connectivity index (χ4v) is 2.48. The fraction of sp³-hybridized carbons (Fsp3) is 0.444. The van der Waals surface area contributed by atoms with Crippen LogP contribution >= 0.6 is 0 Å². The van der Waals surface area contributed by atoms with Crippen molar-refractivity contribution in [2.45, 2.75) is 25.4 Å². The molecule has 2 rings (SSSR count). The van der Waals surface area contributed by atoms with Gasteiger partial charge in [-0.05, 0) is 44.6 Å². The van der Waals surface area contributed by atoms with Crippen LogP contribution in [0.25, 0.3) is 10.9 Å². The van der Waals surface area contributed by atoms with Crippen molar-refractivity contribution < 1.29 is 32.2 Å². The third-order valence-electron chi connectivity index (χ3n) is 3.79. The van der Waals surface area contributed by atoms with Crippen LogP contribution in [0.5, 0.6) is 5.75 Å². The lowest BCUT2D eigenvalue weighted by atomic mass is 10.1. The third kappa shape index (κ3) is 5.99. The van der Waals surface area contributed by atoms with Gasteiger partial charge in [-0.2, -0.15) is 13.2 Å². The Labute approximate surface area is 154 Å².